The largest absolute Gasteiger partial charge is 0.497 e. The van der Waals surface area contributed by atoms with Crippen LogP contribution in [0.3, 0.4) is 0 Å². The van der Waals surface area contributed by atoms with Crippen LogP contribution in [0.2, 0.25) is 0 Å². The van der Waals surface area contributed by atoms with Crippen molar-refractivity contribution in [1.82, 2.24) is 0 Å². The van der Waals surface area contributed by atoms with Gasteiger partial charge in [0.15, 0.2) is 0 Å². The van der Waals surface area contributed by atoms with Crippen molar-refractivity contribution in [2.24, 2.45) is 0 Å². The number of carbonyl (C=O) groups excluding carboxylic acids is 1. The minimum Gasteiger partial charge on any atom is -0.497 e. The molecule has 0 saturated carbocycles. The monoisotopic (exact) mass is 322 g/mol. The number of benzene rings is 2. The van der Waals surface area contributed by atoms with E-state index in [9.17, 15) is 10.1 Å². The van der Waals surface area contributed by atoms with Crippen LogP contribution in [0.15, 0.2) is 48.0 Å². The van der Waals surface area contributed by atoms with E-state index in [0.717, 1.165) is 5.56 Å². The van der Waals surface area contributed by atoms with E-state index in [0.29, 0.717) is 22.7 Å². The highest BCUT2D eigenvalue weighted by atomic mass is 16.5. The van der Waals surface area contributed by atoms with Crippen LogP contribution in [0.25, 0.3) is 6.08 Å². The van der Waals surface area contributed by atoms with E-state index < -0.39 is 5.91 Å². The molecular formula is C19H18N2O3. The van der Waals surface area contributed by atoms with Gasteiger partial charge in [0.25, 0.3) is 5.91 Å². The van der Waals surface area contributed by atoms with Crippen LogP contribution < -0.4 is 14.8 Å². The Bertz CT molecular complexity index is 820. The topological polar surface area (TPSA) is 71.3 Å². The zero-order valence-electron chi connectivity index (χ0n) is 13.8. The predicted molar refractivity (Wildman–Crippen MR) is 92.9 cm³/mol. The Morgan fingerprint density at radius 2 is 1.96 bits per heavy atom. The highest BCUT2D eigenvalue weighted by Gasteiger charge is 2.12. The molecule has 0 fully saturated rings. The average molecular weight is 322 g/mol. The fourth-order valence-electron chi connectivity index (χ4n) is 2.18. The summed E-state index contributed by atoms with van der Waals surface area (Å²) in [6.07, 6.45) is 1.48. The number of anilines is 1. The summed E-state index contributed by atoms with van der Waals surface area (Å²) in [5, 5.41) is 12.0. The van der Waals surface area contributed by atoms with Gasteiger partial charge in [0.1, 0.15) is 23.1 Å². The standard InChI is InChI=1S/C19H18N2O3/c1-13-5-4-6-16(9-13)21-19(22)15(12-20)10-14-11-17(23-2)7-8-18(14)24-3/h4-11H,1-3H3,(H,21,22)/b15-10-. The molecule has 0 unspecified atom stereocenters. The number of nitriles is 1. The third-order valence-corrected chi connectivity index (χ3v) is 3.38. The number of ether oxygens (including phenoxy) is 2. The van der Waals surface area contributed by atoms with Gasteiger partial charge in [-0.2, -0.15) is 5.26 Å². The van der Waals surface area contributed by atoms with E-state index >= 15 is 0 Å². The van der Waals surface area contributed by atoms with Crippen molar-refractivity contribution in [3.8, 4) is 17.6 Å². The van der Waals surface area contributed by atoms with Crippen LogP contribution in [-0.2, 0) is 4.79 Å². The molecule has 0 aliphatic rings. The summed E-state index contributed by atoms with van der Waals surface area (Å²) in [4.78, 5) is 12.3. The Kier molecular flexibility index (Phi) is 5.58. The number of nitrogens with zero attached hydrogens (tertiary/aromatic N) is 1. The van der Waals surface area contributed by atoms with Crippen LogP contribution in [0.1, 0.15) is 11.1 Å². The quantitative estimate of drug-likeness (QED) is 0.675. The Morgan fingerprint density at radius 1 is 1.17 bits per heavy atom. The molecule has 0 saturated heterocycles. The van der Waals surface area contributed by atoms with Crippen molar-refractivity contribution in [2.45, 2.75) is 6.92 Å². The van der Waals surface area contributed by atoms with Crippen LogP contribution in [0.4, 0.5) is 5.69 Å². The van der Waals surface area contributed by atoms with E-state index in [1.807, 2.05) is 31.2 Å². The second-order valence-electron chi connectivity index (χ2n) is 5.10. The molecule has 1 N–H and O–H groups in total. The first-order chi connectivity index (χ1) is 11.6. The van der Waals surface area contributed by atoms with Crippen LogP contribution in [0, 0.1) is 18.3 Å². The Hall–Kier alpha value is -3.26. The fraction of sp³-hybridized carbons (Fsp3) is 0.158. The van der Waals surface area contributed by atoms with Crippen molar-refractivity contribution < 1.29 is 14.3 Å². The van der Waals surface area contributed by atoms with Gasteiger partial charge in [-0.3, -0.25) is 4.79 Å². The highest BCUT2D eigenvalue weighted by Crippen LogP contribution is 2.26. The minimum absolute atomic E-state index is 0.0249. The van der Waals surface area contributed by atoms with Crippen molar-refractivity contribution in [3.63, 3.8) is 0 Å². The molecule has 0 heterocycles. The summed E-state index contributed by atoms with van der Waals surface area (Å²) >= 11 is 0. The summed E-state index contributed by atoms with van der Waals surface area (Å²) in [5.74, 6) is 0.679. The van der Waals surface area contributed by atoms with Crippen LogP contribution >= 0.6 is 0 Å². The zero-order chi connectivity index (χ0) is 17.5. The zero-order valence-corrected chi connectivity index (χ0v) is 13.8. The second kappa shape index (κ2) is 7.84. The lowest BCUT2D eigenvalue weighted by atomic mass is 10.1. The lowest BCUT2D eigenvalue weighted by Crippen LogP contribution is -2.13. The van der Waals surface area contributed by atoms with Gasteiger partial charge in [-0.05, 0) is 48.9 Å². The molecule has 2 rings (SSSR count). The molecule has 0 aliphatic heterocycles. The molecule has 5 heteroatoms. The van der Waals surface area contributed by atoms with Crippen molar-refractivity contribution in [3.05, 3.63) is 59.2 Å². The second-order valence-corrected chi connectivity index (χ2v) is 5.10. The molecule has 0 aliphatic carbocycles. The van der Waals surface area contributed by atoms with E-state index in [-0.39, 0.29) is 5.57 Å². The Balaban J connectivity index is 2.32. The van der Waals surface area contributed by atoms with Gasteiger partial charge in [0, 0.05) is 11.3 Å². The van der Waals surface area contributed by atoms with Gasteiger partial charge in [-0.15, -0.1) is 0 Å². The highest BCUT2D eigenvalue weighted by molar-refractivity contribution is 6.09. The third-order valence-electron chi connectivity index (χ3n) is 3.38. The molecule has 0 radical (unpaired) electrons. The number of aryl methyl sites for hydroxylation is 1. The number of hydrogen-bond acceptors (Lipinski definition) is 4. The maximum Gasteiger partial charge on any atom is 0.266 e. The number of nitrogens with one attached hydrogen (secondary N) is 1. The van der Waals surface area contributed by atoms with Crippen LogP contribution in [0.5, 0.6) is 11.5 Å². The summed E-state index contributed by atoms with van der Waals surface area (Å²) in [6.45, 7) is 1.93. The fourth-order valence-corrected chi connectivity index (χ4v) is 2.18. The lowest BCUT2D eigenvalue weighted by Gasteiger charge is -2.08. The summed E-state index contributed by atoms with van der Waals surface area (Å²) in [6, 6.07) is 14.5. The number of amides is 1. The van der Waals surface area contributed by atoms with Gasteiger partial charge in [0.05, 0.1) is 14.2 Å². The average Bonchev–Trinajstić information content (AvgIpc) is 2.59. The smallest absolute Gasteiger partial charge is 0.266 e. The SMILES string of the molecule is COc1ccc(OC)c(/C=C(/C#N)C(=O)Nc2cccc(C)c2)c1. The van der Waals surface area contributed by atoms with E-state index in [2.05, 4.69) is 5.32 Å². The molecule has 0 atom stereocenters. The number of hydrogen-bond donors (Lipinski definition) is 1. The summed E-state index contributed by atoms with van der Waals surface area (Å²) in [5.41, 5.74) is 2.22. The lowest BCUT2D eigenvalue weighted by molar-refractivity contribution is -0.112. The summed E-state index contributed by atoms with van der Waals surface area (Å²) < 4.78 is 10.4. The molecule has 24 heavy (non-hydrogen) atoms. The minimum atomic E-state index is -0.479. The molecule has 0 spiro atoms. The van der Waals surface area contributed by atoms with Gasteiger partial charge < -0.3 is 14.8 Å². The normalized spacial score (nSPS) is 10.7. The van der Waals surface area contributed by atoms with E-state index in [4.69, 9.17) is 9.47 Å². The Labute approximate surface area is 141 Å². The van der Waals surface area contributed by atoms with Crippen molar-refractivity contribution in [1.29, 1.82) is 5.26 Å². The number of rotatable bonds is 5. The van der Waals surface area contributed by atoms with Gasteiger partial charge in [-0.25, -0.2) is 0 Å². The van der Waals surface area contributed by atoms with Gasteiger partial charge in [-0.1, -0.05) is 12.1 Å². The predicted octanol–water partition coefficient (Wildman–Crippen LogP) is 3.56. The molecule has 0 bridgehead atoms. The van der Waals surface area contributed by atoms with Gasteiger partial charge >= 0.3 is 0 Å². The first-order valence-corrected chi connectivity index (χ1v) is 7.29. The summed E-state index contributed by atoms with van der Waals surface area (Å²) in [7, 11) is 3.07. The molecule has 2 aromatic rings. The van der Waals surface area contributed by atoms with E-state index in [1.165, 1.54) is 13.2 Å². The number of methoxy groups -OCH3 is 2. The first-order valence-electron chi connectivity index (χ1n) is 7.29. The Morgan fingerprint density at radius 3 is 2.58 bits per heavy atom. The number of carbonyl (C=O) groups is 1. The molecular weight excluding hydrogens is 304 g/mol. The molecule has 2 aromatic carbocycles. The third kappa shape index (κ3) is 4.14. The first kappa shape index (κ1) is 17.1. The van der Waals surface area contributed by atoms with Crippen LogP contribution in [-0.4, -0.2) is 20.1 Å². The molecule has 0 aromatic heterocycles. The maximum absolute atomic E-state index is 12.3. The maximum atomic E-state index is 12.3. The van der Waals surface area contributed by atoms with Crippen molar-refractivity contribution in [2.75, 3.05) is 19.5 Å². The van der Waals surface area contributed by atoms with Gasteiger partial charge in [0.2, 0.25) is 0 Å². The molecule has 5 nitrogen and oxygen atoms in total. The molecule has 1 amide bonds. The van der Waals surface area contributed by atoms with Crippen molar-refractivity contribution >= 4 is 17.7 Å². The molecule has 122 valence electrons. The van der Waals surface area contributed by atoms with E-state index in [1.54, 1.807) is 31.4 Å².